The number of benzene rings is 1. The molecular weight excluding hydrogens is 320 g/mol. The van der Waals surface area contributed by atoms with E-state index >= 15 is 0 Å². The molecule has 7 nitrogen and oxygen atoms in total. The Hall–Kier alpha value is -2.41. The molecule has 2 aromatic rings. The molecule has 1 N–H and O–H groups in total. The van der Waals surface area contributed by atoms with Gasteiger partial charge in [-0.1, -0.05) is 6.07 Å². The standard InChI is InChI=1S/C18H22N4O3/c1-20-15-11-13(12-7-9-19-10-8-12)5-6-14(15)21(18(20)25)22-16(23)3-2-4-17(22)24/h5-6,11-12,19H,2-4,7-10H2,1H3. The zero-order valence-corrected chi connectivity index (χ0v) is 14.3. The first-order valence-electron chi connectivity index (χ1n) is 8.86. The molecule has 2 aliphatic rings. The molecule has 0 saturated carbocycles. The summed E-state index contributed by atoms with van der Waals surface area (Å²) >= 11 is 0. The third-order valence-corrected chi connectivity index (χ3v) is 5.32. The van der Waals surface area contributed by atoms with Gasteiger partial charge >= 0.3 is 5.69 Å². The number of fused-ring (bicyclic) bond motifs is 1. The monoisotopic (exact) mass is 342 g/mol. The van der Waals surface area contributed by atoms with Crippen molar-refractivity contribution in [1.82, 2.24) is 14.6 Å². The molecular formula is C18H22N4O3. The van der Waals surface area contributed by atoms with E-state index in [4.69, 9.17) is 0 Å². The van der Waals surface area contributed by atoms with Crippen LogP contribution in [-0.4, -0.2) is 34.1 Å². The summed E-state index contributed by atoms with van der Waals surface area (Å²) in [4.78, 5) is 37.2. The van der Waals surface area contributed by atoms with Crippen molar-refractivity contribution in [1.29, 1.82) is 0 Å². The van der Waals surface area contributed by atoms with Crippen LogP contribution in [0, 0.1) is 0 Å². The van der Waals surface area contributed by atoms with E-state index in [9.17, 15) is 14.4 Å². The van der Waals surface area contributed by atoms with E-state index < -0.39 is 0 Å². The normalized spacial score (nSPS) is 19.8. The van der Waals surface area contributed by atoms with Gasteiger partial charge in [-0.3, -0.25) is 14.2 Å². The number of aromatic nitrogens is 2. The van der Waals surface area contributed by atoms with Gasteiger partial charge in [0.05, 0.1) is 11.0 Å². The predicted molar refractivity (Wildman–Crippen MR) is 94.1 cm³/mol. The summed E-state index contributed by atoms with van der Waals surface area (Å²) in [6.45, 7) is 2.00. The predicted octanol–water partition coefficient (Wildman–Crippen LogP) is 0.982. The molecule has 2 aliphatic heterocycles. The smallest absolute Gasteiger partial charge is 0.317 e. The number of rotatable bonds is 2. The Kier molecular flexibility index (Phi) is 3.95. The summed E-state index contributed by atoms with van der Waals surface area (Å²) in [5.74, 6) is -0.149. The molecule has 0 bridgehead atoms. The Bertz CT molecular complexity index is 889. The summed E-state index contributed by atoms with van der Waals surface area (Å²) in [7, 11) is 1.69. The van der Waals surface area contributed by atoms with Crippen molar-refractivity contribution in [2.75, 3.05) is 18.1 Å². The average molecular weight is 342 g/mol. The minimum absolute atomic E-state index is 0.293. The van der Waals surface area contributed by atoms with Gasteiger partial charge < -0.3 is 5.32 Å². The lowest BCUT2D eigenvalue weighted by atomic mass is 9.90. The molecule has 4 rings (SSSR count). The fourth-order valence-electron chi connectivity index (χ4n) is 3.90. The van der Waals surface area contributed by atoms with Gasteiger partial charge in [-0.15, -0.1) is 0 Å². The first kappa shape index (κ1) is 16.1. The van der Waals surface area contributed by atoms with E-state index in [1.54, 1.807) is 7.05 Å². The average Bonchev–Trinajstić information content (AvgIpc) is 2.87. The third kappa shape index (κ3) is 2.59. The minimum Gasteiger partial charge on any atom is -0.317 e. The van der Waals surface area contributed by atoms with Gasteiger partial charge in [0.1, 0.15) is 0 Å². The Balaban J connectivity index is 1.83. The number of carbonyl (C=O) groups is 2. The fraction of sp³-hybridized carbons (Fsp3) is 0.500. The SMILES string of the molecule is Cn1c(=O)n(N2C(=O)CCCC2=O)c2ccc(C3CCNCC3)cc21. The molecule has 132 valence electrons. The van der Waals surface area contributed by atoms with E-state index in [0.29, 0.717) is 30.7 Å². The van der Waals surface area contributed by atoms with Crippen LogP contribution in [0.4, 0.5) is 0 Å². The second-order valence-electron chi connectivity index (χ2n) is 6.88. The van der Waals surface area contributed by atoms with Gasteiger partial charge in [0.25, 0.3) is 0 Å². The van der Waals surface area contributed by atoms with Gasteiger partial charge in [-0.2, -0.15) is 9.69 Å². The Labute approximate surface area is 145 Å². The number of nitrogens with one attached hydrogen (secondary N) is 1. The first-order valence-corrected chi connectivity index (χ1v) is 8.86. The van der Waals surface area contributed by atoms with Gasteiger partial charge in [-0.05, 0) is 56.0 Å². The second-order valence-corrected chi connectivity index (χ2v) is 6.88. The van der Waals surface area contributed by atoms with Crippen molar-refractivity contribution in [2.45, 2.75) is 38.0 Å². The minimum atomic E-state index is -0.360. The first-order chi connectivity index (χ1) is 12.1. The lowest BCUT2D eigenvalue weighted by Gasteiger charge is -2.25. The number of carbonyl (C=O) groups excluding carboxylic acids is 2. The molecule has 2 fully saturated rings. The number of piperidine rings is 2. The lowest BCUT2D eigenvalue weighted by molar-refractivity contribution is -0.131. The molecule has 0 atom stereocenters. The van der Waals surface area contributed by atoms with Crippen LogP contribution >= 0.6 is 0 Å². The Morgan fingerprint density at radius 2 is 1.68 bits per heavy atom. The number of nitrogens with zero attached hydrogens (tertiary/aromatic N) is 3. The molecule has 2 amide bonds. The van der Waals surface area contributed by atoms with Crippen molar-refractivity contribution in [2.24, 2.45) is 7.05 Å². The number of amides is 2. The summed E-state index contributed by atoms with van der Waals surface area (Å²) in [6, 6.07) is 5.92. The van der Waals surface area contributed by atoms with Crippen LogP contribution in [0.25, 0.3) is 11.0 Å². The number of hydrogen-bond donors (Lipinski definition) is 1. The molecule has 3 heterocycles. The number of hydrogen-bond acceptors (Lipinski definition) is 4. The molecule has 1 aromatic carbocycles. The largest absolute Gasteiger partial charge is 0.348 e. The third-order valence-electron chi connectivity index (χ3n) is 5.32. The highest BCUT2D eigenvalue weighted by Gasteiger charge is 2.31. The molecule has 25 heavy (non-hydrogen) atoms. The summed E-state index contributed by atoms with van der Waals surface area (Å²) in [5.41, 5.74) is 2.21. The number of aryl methyl sites for hydroxylation is 1. The van der Waals surface area contributed by atoms with Crippen molar-refractivity contribution in [3.8, 4) is 0 Å². The highest BCUT2D eigenvalue weighted by molar-refractivity contribution is 6.10. The summed E-state index contributed by atoms with van der Waals surface area (Å²) in [6.07, 6.45) is 3.28. The van der Waals surface area contributed by atoms with Crippen molar-refractivity contribution >= 4 is 22.8 Å². The van der Waals surface area contributed by atoms with Gasteiger partial charge in [-0.25, -0.2) is 4.79 Å². The van der Waals surface area contributed by atoms with Crippen LogP contribution in [0.3, 0.4) is 0 Å². The highest BCUT2D eigenvalue weighted by Crippen LogP contribution is 2.28. The maximum Gasteiger partial charge on any atom is 0.348 e. The molecule has 0 spiro atoms. The molecule has 2 saturated heterocycles. The van der Waals surface area contributed by atoms with Gasteiger partial charge in [0, 0.05) is 19.9 Å². The quantitative estimate of drug-likeness (QED) is 0.826. The van der Waals surface area contributed by atoms with Crippen molar-refractivity contribution < 1.29 is 9.59 Å². The van der Waals surface area contributed by atoms with Crippen LogP contribution in [0.15, 0.2) is 23.0 Å². The van der Waals surface area contributed by atoms with Crippen molar-refractivity contribution in [3.63, 3.8) is 0 Å². The summed E-state index contributed by atoms with van der Waals surface area (Å²) < 4.78 is 2.76. The van der Waals surface area contributed by atoms with Crippen LogP contribution < -0.4 is 16.0 Å². The van der Waals surface area contributed by atoms with Crippen LogP contribution in [0.2, 0.25) is 0 Å². The van der Waals surface area contributed by atoms with Gasteiger partial charge in [0.2, 0.25) is 11.8 Å². The second kappa shape index (κ2) is 6.15. The molecule has 7 heteroatoms. The Morgan fingerprint density at radius 1 is 1.00 bits per heavy atom. The van der Waals surface area contributed by atoms with E-state index in [1.165, 1.54) is 14.8 Å². The molecule has 0 radical (unpaired) electrons. The number of imide groups is 1. The van der Waals surface area contributed by atoms with Crippen LogP contribution in [0.1, 0.15) is 43.6 Å². The van der Waals surface area contributed by atoms with Gasteiger partial charge in [0.15, 0.2) is 0 Å². The van der Waals surface area contributed by atoms with E-state index in [2.05, 4.69) is 5.32 Å². The molecule has 1 aromatic heterocycles. The topological polar surface area (TPSA) is 76.3 Å². The lowest BCUT2D eigenvalue weighted by Crippen LogP contribution is -2.52. The van der Waals surface area contributed by atoms with E-state index in [1.807, 2.05) is 18.2 Å². The van der Waals surface area contributed by atoms with Crippen LogP contribution in [-0.2, 0) is 16.6 Å². The zero-order chi connectivity index (χ0) is 17.6. The maximum atomic E-state index is 12.7. The van der Waals surface area contributed by atoms with Crippen molar-refractivity contribution in [3.05, 3.63) is 34.2 Å². The number of imidazole rings is 1. The van der Waals surface area contributed by atoms with E-state index in [0.717, 1.165) is 36.5 Å². The maximum absolute atomic E-state index is 12.7. The zero-order valence-electron chi connectivity index (χ0n) is 14.3. The highest BCUT2D eigenvalue weighted by atomic mass is 16.2. The molecule has 0 unspecified atom stereocenters. The summed E-state index contributed by atoms with van der Waals surface area (Å²) in [5, 5.41) is 4.38. The van der Waals surface area contributed by atoms with E-state index in [-0.39, 0.29) is 17.5 Å². The fourth-order valence-corrected chi connectivity index (χ4v) is 3.90. The molecule has 0 aliphatic carbocycles. The van der Waals surface area contributed by atoms with Crippen LogP contribution in [0.5, 0.6) is 0 Å². The Morgan fingerprint density at radius 3 is 2.36 bits per heavy atom.